The average Bonchev–Trinajstić information content (AvgIpc) is 2.94. The van der Waals surface area contributed by atoms with E-state index in [9.17, 15) is 10.2 Å². The van der Waals surface area contributed by atoms with E-state index in [2.05, 4.69) is 49.4 Å². The van der Waals surface area contributed by atoms with Crippen LogP contribution in [0.2, 0.25) is 0 Å². The second-order valence-corrected chi connectivity index (χ2v) is 7.78. The summed E-state index contributed by atoms with van der Waals surface area (Å²) < 4.78 is 6.20. The summed E-state index contributed by atoms with van der Waals surface area (Å²) in [7, 11) is 0. The fraction of sp³-hybridized carbons (Fsp3) is 0.455. The van der Waals surface area contributed by atoms with Gasteiger partial charge in [0.05, 0.1) is 18.3 Å². The highest BCUT2D eigenvalue weighted by Gasteiger charge is 2.46. The number of aryl methyl sites for hydroxylation is 1. The molecule has 3 atom stereocenters. The monoisotopic (exact) mass is 338 g/mol. The van der Waals surface area contributed by atoms with E-state index in [4.69, 9.17) is 4.74 Å². The van der Waals surface area contributed by atoms with Gasteiger partial charge in [0.1, 0.15) is 0 Å². The van der Waals surface area contributed by atoms with Gasteiger partial charge in [-0.15, -0.1) is 0 Å². The maximum absolute atomic E-state index is 10.3. The van der Waals surface area contributed by atoms with E-state index in [1.165, 1.54) is 27.8 Å². The van der Waals surface area contributed by atoms with Gasteiger partial charge in [-0.3, -0.25) is 0 Å². The highest BCUT2D eigenvalue weighted by molar-refractivity contribution is 5.41. The predicted molar refractivity (Wildman–Crippen MR) is 97.3 cm³/mol. The number of ether oxygens (including phenoxy) is 1. The van der Waals surface area contributed by atoms with Gasteiger partial charge in [-0.25, -0.2) is 0 Å². The highest BCUT2D eigenvalue weighted by atomic mass is 16.5. The van der Waals surface area contributed by atoms with Gasteiger partial charge in [0.15, 0.2) is 0 Å². The van der Waals surface area contributed by atoms with Crippen molar-refractivity contribution in [3.63, 3.8) is 0 Å². The first-order valence-corrected chi connectivity index (χ1v) is 9.19. The SMILES string of the molecule is Cc1ccc(Cc2ccc3c(c2)[C@]2(CC(O)CC(CO)C2)OC3)cc1. The van der Waals surface area contributed by atoms with Crippen molar-refractivity contribution in [2.24, 2.45) is 5.92 Å². The smallest absolute Gasteiger partial charge is 0.0967 e. The molecule has 2 N–H and O–H groups in total. The second-order valence-electron chi connectivity index (χ2n) is 7.78. The summed E-state index contributed by atoms with van der Waals surface area (Å²) in [6.45, 7) is 2.82. The zero-order valence-electron chi connectivity index (χ0n) is 14.7. The first-order chi connectivity index (χ1) is 12.1. The quantitative estimate of drug-likeness (QED) is 0.901. The Balaban J connectivity index is 1.64. The van der Waals surface area contributed by atoms with Crippen molar-refractivity contribution in [2.75, 3.05) is 6.61 Å². The molecule has 0 saturated heterocycles. The molecule has 2 aromatic carbocycles. The Morgan fingerprint density at radius 3 is 2.60 bits per heavy atom. The van der Waals surface area contributed by atoms with Crippen LogP contribution in [-0.4, -0.2) is 22.9 Å². The molecule has 0 amide bonds. The van der Waals surface area contributed by atoms with E-state index < -0.39 is 11.7 Å². The van der Waals surface area contributed by atoms with Gasteiger partial charge in [-0.1, -0.05) is 48.0 Å². The Morgan fingerprint density at radius 2 is 1.84 bits per heavy atom. The number of rotatable bonds is 3. The zero-order valence-corrected chi connectivity index (χ0v) is 14.7. The third-order valence-electron chi connectivity index (χ3n) is 5.75. The second kappa shape index (κ2) is 6.56. The van der Waals surface area contributed by atoms with Crippen LogP contribution in [0.25, 0.3) is 0 Å². The van der Waals surface area contributed by atoms with Crippen LogP contribution in [0.1, 0.15) is 47.1 Å². The van der Waals surface area contributed by atoms with E-state index >= 15 is 0 Å². The first kappa shape index (κ1) is 16.8. The molecule has 4 rings (SSSR count). The lowest BCUT2D eigenvalue weighted by Gasteiger charge is -2.40. The number of hydrogen-bond acceptors (Lipinski definition) is 3. The van der Waals surface area contributed by atoms with Crippen LogP contribution in [0.4, 0.5) is 0 Å². The van der Waals surface area contributed by atoms with Crippen LogP contribution >= 0.6 is 0 Å². The third-order valence-corrected chi connectivity index (χ3v) is 5.75. The molecule has 0 aromatic heterocycles. The Kier molecular flexibility index (Phi) is 4.40. The lowest BCUT2D eigenvalue weighted by molar-refractivity contribution is -0.116. The van der Waals surface area contributed by atoms with E-state index in [1.807, 2.05) is 0 Å². The summed E-state index contributed by atoms with van der Waals surface area (Å²) in [6, 6.07) is 15.3. The van der Waals surface area contributed by atoms with Crippen LogP contribution in [0.3, 0.4) is 0 Å². The van der Waals surface area contributed by atoms with Crippen molar-refractivity contribution < 1.29 is 14.9 Å². The Hall–Kier alpha value is -1.68. The molecule has 2 unspecified atom stereocenters. The van der Waals surface area contributed by atoms with Gasteiger partial charge in [0.25, 0.3) is 0 Å². The molecule has 1 fully saturated rings. The first-order valence-electron chi connectivity index (χ1n) is 9.19. The van der Waals surface area contributed by atoms with Gasteiger partial charge in [0, 0.05) is 13.0 Å². The Bertz CT molecular complexity index is 752. The molecular weight excluding hydrogens is 312 g/mol. The molecule has 1 heterocycles. The highest BCUT2D eigenvalue weighted by Crippen LogP contribution is 2.48. The predicted octanol–water partition coefficient (Wildman–Crippen LogP) is 3.46. The Labute approximate surface area is 149 Å². The molecule has 1 saturated carbocycles. The number of fused-ring (bicyclic) bond motifs is 2. The summed E-state index contributed by atoms with van der Waals surface area (Å²) in [4.78, 5) is 0. The van der Waals surface area contributed by atoms with Crippen molar-refractivity contribution in [1.82, 2.24) is 0 Å². The van der Waals surface area contributed by atoms with E-state index in [1.54, 1.807) is 0 Å². The van der Waals surface area contributed by atoms with Crippen molar-refractivity contribution in [3.8, 4) is 0 Å². The maximum atomic E-state index is 10.3. The minimum absolute atomic E-state index is 0.107. The van der Waals surface area contributed by atoms with E-state index in [0.717, 1.165) is 12.8 Å². The van der Waals surface area contributed by atoms with Gasteiger partial charge < -0.3 is 14.9 Å². The van der Waals surface area contributed by atoms with Crippen LogP contribution in [-0.2, 0) is 23.4 Å². The standard InChI is InChI=1S/C22H26O3/c1-15-2-4-16(5-3-15)8-17-6-7-19-14-25-22(21(19)10-17)11-18(13-23)9-20(24)12-22/h2-7,10,18,20,23-24H,8-9,11-14H2,1H3/t18?,20?,22-/m0/s1. The lowest BCUT2D eigenvalue weighted by atomic mass is 9.73. The van der Waals surface area contributed by atoms with Gasteiger partial charge in [0.2, 0.25) is 0 Å². The molecule has 0 bridgehead atoms. The fourth-order valence-corrected chi connectivity index (χ4v) is 4.48. The molecule has 1 aliphatic heterocycles. The molecule has 2 aliphatic rings. The summed E-state index contributed by atoms with van der Waals surface area (Å²) in [6.07, 6.45) is 2.58. The summed E-state index contributed by atoms with van der Waals surface area (Å²) in [5, 5.41) is 19.9. The van der Waals surface area contributed by atoms with Gasteiger partial charge >= 0.3 is 0 Å². The Morgan fingerprint density at radius 1 is 1.08 bits per heavy atom. The fourth-order valence-electron chi connectivity index (χ4n) is 4.48. The van der Waals surface area contributed by atoms with Gasteiger partial charge in [-0.2, -0.15) is 0 Å². The van der Waals surface area contributed by atoms with Crippen LogP contribution in [0, 0.1) is 12.8 Å². The van der Waals surface area contributed by atoms with Crippen molar-refractivity contribution in [2.45, 2.75) is 50.9 Å². The lowest BCUT2D eigenvalue weighted by Crippen LogP contribution is -2.40. The molecule has 132 valence electrons. The normalized spacial score (nSPS) is 28.3. The molecule has 0 radical (unpaired) electrons. The molecule has 3 nitrogen and oxygen atoms in total. The van der Waals surface area contributed by atoms with Crippen LogP contribution in [0.5, 0.6) is 0 Å². The van der Waals surface area contributed by atoms with Crippen molar-refractivity contribution >= 4 is 0 Å². The van der Waals surface area contributed by atoms with Crippen LogP contribution < -0.4 is 0 Å². The minimum Gasteiger partial charge on any atom is -0.396 e. The number of aliphatic hydroxyl groups is 2. The van der Waals surface area contributed by atoms with Crippen molar-refractivity contribution in [1.29, 1.82) is 0 Å². The molecular formula is C22H26O3. The molecule has 1 aliphatic carbocycles. The van der Waals surface area contributed by atoms with Crippen molar-refractivity contribution in [3.05, 3.63) is 70.3 Å². The van der Waals surface area contributed by atoms with E-state index in [-0.39, 0.29) is 12.5 Å². The molecule has 3 heteroatoms. The number of benzene rings is 2. The topological polar surface area (TPSA) is 49.7 Å². The maximum Gasteiger partial charge on any atom is 0.0967 e. The van der Waals surface area contributed by atoms with Gasteiger partial charge in [-0.05, 0) is 54.4 Å². The summed E-state index contributed by atoms with van der Waals surface area (Å²) in [5.41, 5.74) is 5.86. The summed E-state index contributed by atoms with van der Waals surface area (Å²) in [5.74, 6) is 0.107. The minimum atomic E-state index is -0.427. The molecule has 1 spiro atoms. The van der Waals surface area contributed by atoms with E-state index in [0.29, 0.717) is 19.4 Å². The summed E-state index contributed by atoms with van der Waals surface area (Å²) >= 11 is 0. The molecule has 2 aromatic rings. The number of aliphatic hydroxyl groups excluding tert-OH is 2. The number of hydrogen-bond donors (Lipinski definition) is 2. The zero-order chi connectivity index (χ0) is 17.4. The largest absolute Gasteiger partial charge is 0.396 e. The third kappa shape index (κ3) is 3.24. The average molecular weight is 338 g/mol. The van der Waals surface area contributed by atoms with Crippen LogP contribution in [0.15, 0.2) is 42.5 Å². The molecule has 25 heavy (non-hydrogen) atoms.